The van der Waals surface area contributed by atoms with Crippen LogP contribution in [0.1, 0.15) is 15.9 Å². The molecule has 0 radical (unpaired) electrons. The Morgan fingerprint density at radius 3 is 2.82 bits per heavy atom. The van der Waals surface area contributed by atoms with Crippen molar-refractivity contribution in [3.05, 3.63) is 59.7 Å². The van der Waals surface area contributed by atoms with Crippen molar-refractivity contribution in [1.82, 2.24) is 9.55 Å². The zero-order chi connectivity index (χ0) is 15.5. The minimum Gasteiger partial charge on any atom is -0.465 e. The molecule has 1 heterocycles. The summed E-state index contributed by atoms with van der Waals surface area (Å²) in [5.41, 5.74) is 3.56. The first-order valence-electron chi connectivity index (χ1n) is 7.03. The molecule has 3 aromatic rings. The predicted molar refractivity (Wildman–Crippen MR) is 86.2 cm³/mol. The van der Waals surface area contributed by atoms with Crippen LogP contribution in [-0.4, -0.2) is 29.7 Å². The number of fused-ring (bicyclic) bond motifs is 1. The van der Waals surface area contributed by atoms with E-state index in [1.807, 2.05) is 49.5 Å². The molecule has 0 aliphatic rings. The van der Waals surface area contributed by atoms with Gasteiger partial charge in [0, 0.05) is 7.05 Å². The standard InChI is InChI=1S/C17H17N3O2/c1-18-17-19-14-8-3-4-9-15(14)20(17)11-12-6-5-7-13(10-12)16(21)22-2/h3-10H,11H2,1-2H3,(H,18,19). The number of ether oxygens (including phenoxy) is 1. The third kappa shape index (κ3) is 2.53. The number of hydrogen-bond donors (Lipinski definition) is 1. The third-order valence-electron chi connectivity index (χ3n) is 3.57. The van der Waals surface area contributed by atoms with E-state index in [4.69, 9.17) is 4.74 Å². The number of esters is 1. The van der Waals surface area contributed by atoms with Crippen molar-refractivity contribution in [2.24, 2.45) is 0 Å². The van der Waals surface area contributed by atoms with Crippen LogP contribution in [0.5, 0.6) is 0 Å². The molecule has 0 amide bonds. The first kappa shape index (κ1) is 14.1. The van der Waals surface area contributed by atoms with Gasteiger partial charge in [0.05, 0.1) is 30.3 Å². The van der Waals surface area contributed by atoms with Crippen LogP contribution in [0.3, 0.4) is 0 Å². The monoisotopic (exact) mass is 295 g/mol. The molecule has 0 fully saturated rings. The lowest BCUT2D eigenvalue weighted by molar-refractivity contribution is 0.0600. The van der Waals surface area contributed by atoms with E-state index in [0.717, 1.165) is 22.5 Å². The van der Waals surface area contributed by atoms with Crippen molar-refractivity contribution in [3.8, 4) is 0 Å². The molecule has 1 aromatic heterocycles. The Kier molecular flexibility index (Phi) is 3.78. The molecular weight excluding hydrogens is 278 g/mol. The maximum Gasteiger partial charge on any atom is 0.337 e. The number of methoxy groups -OCH3 is 1. The van der Waals surface area contributed by atoms with Crippen molar-refractivity contribution in [3.63, 3.8) is 0 Å². The summed E-state index contributed by atoms with van der Waals surface area (Å²) in [5.74, 6) is 0.468. The zero-order valence-electron chi connectivity index (χ0n) is 12.5. The molecular formula is C17H17N3O2. The highest BCUT2D eigenvalue weighted by atomic mass is 16.5. The summed E-state index contributed by atoms with van der Waals surface area (Å²) in [6.07, 6.45) is 0. The van der Waals surface area contributed by atoms with Gasteiger partial charge in [0.15, 0.2) is 0 Å². The van der Waals surface area contributed by atoms with E-state index in [0.29, 0.717) is 12.1 Å². The predicted octanol–water partition coefficient (Wildman–Crippen LogP) is 2.91. The average molecular weight is 295 g/mol. The molecule has 1 N–H and O–H groups in total. The van der Waals surface area contributed by atoms with Crippen molar-refractivity contribution in [1.29, 1.82) is 0 Å². The fourth-order valence-electron chi connectivity index (χ4n) is 2.52. The number of carbonyl (C=O) groups is 1. The Morgan fingerprint density at radius 2 is 2.05 bits per heavy atom. The normalized spacial score (nSPS) is 10.6. The molecule has 0 aliphatic carbocycles. The molecule has 0 saturated heterocycles. The summed E-state index contributed by atoms with van der Waals surface area (Å²) in [7, 11) is 3.24. The van der Waals surface area contributed by atoms with Crippen LogP contribution in [0.4, 0.5) is 5.95 Å². The van der Waals surface area contributed by atoms with Gasteiger partial charge in [-0.15, -0.1) is 0 Å². The minimum absolute atomic E-state index is 0.328. The summed E-state index contributed by atoms with van der Waals surface area (Å²) in [6.45, 7) is 0.627. The summed E-state index contributed by atoms with van der Waals surface area (Å²) in [4.78, 5) is 16.2. The Labute approximate surface area is 128 Å². The highest BCUT2D eigenvalue weighted by molar-refractivity contribution is 5.89. The Balaban J connectivity index is 2.01. The van der Waals surface area contributed by atoms with Gasteiger partial charge in [0.25, 0.3) is 0 Å². The second kappa shape index (κ2) is 5.89. The van der Waals surface area contributed by atoms with Crippen molar-refractivity contribution >= 4 is 23.0 Å². The van der Waals surface area contributed by atoms with Gasteiger partial charge in [-0.2, -0.15) is 0 Å². The maximum atomic E-state index is 11.6. The molecule has 5 nitrogen and oxygen atoms in total. The number of nitrogens with one attached hydrogen (secondary N) is 1. The summed E-state index contributed by atoms with van der Waals surface area (Å²) in [6, 6.07) is 15.4. The van der Waals surface area contributed by atoms with E-state index in [-0.39, 0.29) is 5.97 Å². The van der Waals surface area contributed by atoms with Crippen molar-refractivity contribution < 1.29 is 9.53 Å². The summed E-state index contributed by atoms with van der Waals surface area (Å²) in [5, 5.41) is 3.11. The van der Waals surface area contributed by atoms with Crippen molar-refractivity contribution in [2.45, 2.75) is 6.54 Å². The topological polar surface area (TPSA) is 56.2 Å². The van der Waals surface area contributed by atoms with E-state index in [9.17, 15) is 4.79 Å². The average Bonchev–Trinajstić information content (AvgIpc) is 2.92. The molecule has 0 bridgehead atoms. The first-order chi connectivity index (χ1) is 10.7. The lowest BCUT2D eigenvalue weighted by Gasteiger charge is -2.09. The molecule has 112 valence electrons. The van der Waals surface area contributed by atoms with Gasteiger partial charge in [0.1, 0.15) is 0 Å². The largest absolute Gasteiger partial charge is 0.465 e. The minimum atomic E-state index is -0.328. The lowest BCUT2D eigenvalue weighted by atomic mass is 10.1. The lowest BCUT2D eigenvalue weighted by Crippen LogP contribution is -2.07. The summed E-state index contributed by atoms with van der Waals surface area (Å²) >= 11 is 0. The van der Waals surface area contributed by atoms with E-state index in [1.165, 1.54) is 7.11 Å². The van der Waals surface area contributed by atoms with Crippen LogP contribution in [0.25, 0.3) is 11.0 Å². The number of anilines is 1. The molecule has 0 unspecified atom stereocenters. The summed E-state index contributed by atoms with van der Waals surface area (Å²) < 4.78 is 6.86. The molecule has 2 aromatic carbocycles. The van der Waals surface area contributed by atoms with Crippen LogP contribution in [0, 0.1) is 0 Å². The second-order valence-electron chi connectivity index (χ2n) is 4.95. The number of nitrogens with zero attached hydrogens (tertiary/aromatic N) is 2. The first-order valence-corrected chi connectivity index (χ1v) is 7.03. The second-order valence-corrected chi connectivity index (χ2v) is 4.95. The smallest absolute Gasteiger partial charge is 0.337 e. The number of imidazole rings is 1. The Bertz CT molecular complexity index is 824. The highest BCUT2D eigenvalue weighted by Crippen LogP contribution is 2.21. The quantitative estimate of drug-likeness (QED) is 0.752. The molecule has 0 aliphatic heterocycles. The molecule has 0 spiro atoms. The number of benzene rings is 2. The maximum absolute atomic E-state index is 11.6. The van der Waals surface area contributed by atoms with Gasteiger partial charge < -0.3 is 14.6 Å². The Morgan fingerprint density at radius 1 is 1.23 bits per heavy atom. The number of hydrogen-bond acceptors (Lipinski definition) is 4. The van der Waals surface area contributed by atoms with Gasteiger partial charge in [-0.25, -0.2) is 9.78 Å². The molecule has 0 saturated carbocycles. The van der Waals surface area contributed by atoms with Crippen LogP contribution >= 0.6 is 0 Å². The SMILES string of the molecule is CNc1nc2ccccc2n1Cc1cccc(C(=O)OC)c1. The van der Waals surface area contributed by atoms with E-state index in [1.54, 1.807) is 6.07 Å². The fraction of sp³-hybridized carbons (Fsp3) is 0.176. The van der Waals surface area contributed by atoms with Gasteiger partial charge in [-0.3, -0.25) is 0 Å². The molecule has 22 heavy (non-hydrogen) atoms. The number of rotatable bonds is 4. The van der Waals surface area contributed by atoms with Crippen LogP contribution < -0.4 is 5.32 Å². The van der Waals surface area contributed by atoms with Crippen LogP contribution in [0.2, 0.25) is 0 Å². The molecule has 3 rings (SSSR count). The molecule has 0 atom stereocenters. The van der Waals surface area contributed by atoms with Gasteiger partial charge in [0.2, 0.25) is 5.95 Å². The van der Waals surface area contributed by atoms with Gasteiger partial charge in [-0.1, -0.05) is 24.3 Å². The Hall–Kier alpha value is -2.82. The van der Waals surface area contributed by atoms with E-state index >= 15 is 0 Å². The third-order valence-corrected chi connectivity index (χ3v) is 3.57. The fourth-order valence-corrected chi connectivity index (χ4v) is 2.52. The zero-order valence-corrected chi connectivity index (χ0v) is 12.5. The van der Waals surface area contributed by atoms with Gasteiger partial charge >= 0.3 is 5.97 Å². The number of para-hydroxylation sites is 2. The van der Waals surface area contributed by atoms with E-state index < -0.39 is 0 Å². The van der Waals surface area contributed by atoms with E-state index in [2.05, 4.69) is 14.9 Å². The molecule has 5 heteroatoms. The number of carbonyl (C=O) groups excluding carboxylic acids is 1. The van der Waals surface area contributed by atoms with Crippen molar-refractivity contribution in [2.75, 3.05) is 19.5 Å². The number of aromatic nitrogens is 2. The van der Waals surface area contributed by atoms with Crippen LogP contribution in [-0.2, 0) is 11.3 Å². The van der Waals surface area contributed by atoms with Gasteiger partial charge in [-0.05, 0) is 29.8 Å². The van der Waals surface area contributed by atoms with Crippen LogP contribution in [0.15, 0.2) is 48.5 Å². The highest BCUT2D eigenvalue weighted by Gasteiger charge is 2.11.